The number of amides is 3. The zero-order valence-electron chi connectivity index (χ0n) is 17.9. The summed E-state index contributed by atoms with van der Waals surface area (Å²) < 4.78 is 5.49. The van der Waals surface area contributed by atoms with Gasteiger partial charge >= 0.3 is 12.1 Å². The van der Waals surface area contributed by atoms with Crippen LogP contribution in [0.5, 0.6) is 0 Å². The Balaban J connectivity index is 1.41. The lowest BCUT2D eigenvalue weighted by Crippen LogP contribution is -2.52. The number of anilines is 1. The standard InChI is InChI=1S/C23H28N4O3/c1-15-8-9-16(11-19(15)20-7-5-6-10-24-20)25-21(28)26-13-18-12-17(26)14-27(18)22(29)30-23(2,3)4/h5-11,17-18H,12-14H2,1-4H3,(H,25,28)/t17-,18-/m0/s1. The zero-order chi connectivity index (χ0) is 21.5. The van der Waals surface area contributed by atoms with Crippen molar-refractivity contribution in [3.8, 4) is 11.3 Å². The maximum Gasteiger partial charge on any atom is 0.410 e. The van der Waals surface area contributed by atoms with Gasteiger partial charge in [0.1, 0.15) is 5.60 Å². The van der Waals surface area contributed by atoms with Crippen LogP contribution in [-0.2, 0) is 4.74 Å². The van der Waals surface area contributed by atoms with Crippen LogP contribution in [0, 0.1) is 6.92 Å². The number of likely N-dealkylation sites (tertiary alicyclic amines) is 2. The molecule has 2 atom stereocenters. The summed E-state index contributed by atoms with van der Waals surface area (Å²) in [5.41, 5.74) is 3.18. The van der Waals surface area contributed by atoms with Crippen molar-refractivity contribution in [3.05, 3.63) is 48.2 Å². The number of pyridine rings is 1. The fourth-order valence-corrected chi connectivity index (χ4v) is 4.15. The molecule has 7 nitrogen and oxygen atoms in total. The number of benzene rings is 1. The Morgan fingerprint density at radius 3 is 2.47 bits per heavy atom. The minimum absolute atomic E-state index is 0.0118. The number of nitrogens with one attached hydrogen (secondary N) is 1. The number of hydrogen-bond acceptors (Lipinski definition) is 4. The van der Waals surface area contributed by atoms with Crippen molar-refractivity contribution in [3.63, 3.8) is 0 Å². The van der Waals surface area contributed by atoms with Gasteiger partial charge in [-0.2, -0.15) is 0 Å². The average molecular weight is 409 g/mol. The van der Waals surface area contributed by atoms with E-state index in [9.17, 15) is 9.59 Å². The van der Waals surface area contributed by atoms with Crippen LogP contribution in [-0.4, -0.2) is 57.7 Å². The minimum Gasteiger partial charge on any atom is -0.444 e. The minimum atomic E-state index is -0.521. The SMILES string of the molecule is Cc1ccc(NC(=O)N2C[C@@H]3C[C@H]2CN3C(=O)OC(C)(C)C)cc1-c1ccccn1. The normalized spacial score (nSPS) is 20.4. The van der Waals surface area contributed by atoms with E-state index in [1.165, 1.54) is 0 Å². The molecule has 3 heterocycles. The third-order valence-electron chi connectivity index (χ3n) is 5.56. The summed E-state index contributed by atoms with van der Waals surface area (Å²) in [5.74, 6) is 0. The highest BCUT2D eigenvalue weighted by Gasteiger charge is 2.48. The molecule has 3 amide bonds. The molecule has 30 heavy (non-hydrogen) atoms. The number of fused-ring (bicyclic) bond motifs is 2. The Bertz CT molecular complexity index is 955. The summed E-state index contributed by atoms with van der Waals surface area (Å²) >= 11 is 0. The van der Waals surface area contributed by atoms with Crippen LogP contribution < -0.4 is 5.32 Å². The third kappa shape index (κ3) is 4.10. The van der Waals surface area contributed by atoms with Crippen molar-refractivity contribution >= 4 is 17.8 Å². The largest absolute Gasteiger partial charge is 0.444 e. The molecule has 1 aromatic heterocycles. The van der Waals surface area contributed by atoms with Crippen LogP contribution in [0.4, 0.5) is 15.3 Å². The van der Waals surface area contributed by atoms with Gasteiger partial charge in [-0.05, 0) is 63.9 Å². The molecule has 0 spiro atoms. The summed E-state index contributed by atoms with van der Waals surface area (Å²) in [6.07, 6.45) is 2.26. The summed E-state index contributed by atoms with van der Waals surface area (Å²) in [6.45, 7) is 8.65. The van der Waals surface area contributed by atoms with Gasteiger partial charge in [-0.15, -0.1) is 0 Å². The van der Waals surface area contributed by atoms with Crippen LogP contribution in [0.15, 0.2) is 42.6 Å². The van der Waals surface area contributed by atoms with E-state index in [0.717, 1.165) is 28.9 Å². The van der Waals surface area contributed by atoms with Gasteiger partial charge in [0.05, 0.1) is 17.8 Å². The molecule has 0 saturated carbocycles. The van der Waals surface area contributed by atoms with E-state index < -0.39 is 5.60 Å². The quantitative estimate of drug-likeness (QED) is 0.805. The van der Waals surface area contributed by atoms with Crippen LogP contribution in [0.1, 0.15) is 32.8 Å². The van der Waals surface area contributed by atoms with Gasteiger partial charge in [0, 0.05) is 30.5 Å². The first-order valence-corrected chi connectivity index (χ1v) is 10.3. The molecule has 0 radical (unpaired) electrons. The van der Waals surface area contributed by atoms with Gasteiger partial charge in [-0.1, -0.05) is 12.1 Å². The summed E-state index contributed by atoms with van der Waals surface area (Å²) in [5, 5.41) is 3.01. The molecular formula is C23H28N4O3. The van der Waals surface area contributed by atoms with Crippen LogP contribution in [0.3, 0.4) is 0 Å². The van der Waals surface area contributed by atoms with Crippen molar-refractivity contribution in [2.45, 2.75) is 51.8 Å². The molecule has 2 fully saturated rings. The highest BCUT2D eigenvalue weighted by atomic mass is 16.6. The zero-order valence-corrected chi connectivity index (χ0v) is 17.9. The van der Waals surface area contributed by atoms with Crippen molar-refractivity contribution in [1.82, 2.24) is 14.8 Å². The number of urea groups is 1. The topological polar surface area (TPSA) is 74.8 Å². The lowest BCUT2D eigenvalue weighted by Gasteiger charge is -2.35. The summed E-state index contributed by atoms with van der Waals surface area (Å²) in [6, 6.07) is 11.5. The number of ether oxygens (including phenoxy) is 1. The number of aromatic nitrogens is 1. The number of hydrogen-bond donors (Lipinski definition) is 1. The van der Waals surface area contributed by atoms with Gasteiger partial charge < -0.3 is 19.9 Å². The van der Waals surface area contributed by atoms with Gasteiger partial charge in [0.2, 0.25) is 0 Å². The number of aryl methyl sites for hydroxylation is 1. The van der Waals surface area contributed by atoms with Gasteiger partial charge in [-0.25, -0.2) is 9.59 Å². The van der Waals surface area contributed by atoms with E-state index in [1.54, 1.807) is 11.1 Å². The van der Waals surface area contributed by atoms with Crippen LogP contribution in [0.25, 0.3) is 11.3 Å². The smallest absolute Gasteiger partial charge is 0.410 e. The average Bonchev–Trinajstić information content (AvgIpc) is 3.30. The Kier molecular flexibility index (Phi) is 5.13. The highest BCUT2D eigenvalue weighted by Crippen LogP contribution is 2.33. The Hall–Kier alpha value is -3.09. The first-order chi connectivity index (χ1) is 14.2. The van der Waals surface area contributed by atoms with E-state index in [4.69, 9.17) is 4.74 Å². The first kappa shape index (κ1) is 20.2. The molecule has 1 aromatic carbocycles. The number of carbonyl (C=O) groups is 2. The second-order valence-electron chi connectivity index (χ2n) is 9.00. The molecule has 4 rings (SSSR count). The lowest BCUT2D eigenvalue weighted by atomic mass is 10.0. The molecule has 158 valence electrons. The lowest BCUT2D eigenvalue weighted by molar-refractivity contribution is 0.0156. The molecular weight excluding hydrogens is 380 g/mol. The monoisotopic (exact) mass is 408 g/mol. The van der Waals surface area contributed by atoms with Gasteiger partial charge in [0.15, 0.2) is 0 Å². The molecule has 2 bridgehead atoms. The fraction of sp³-hybridized carbons (Fsp3) is 0.435. The molecule has 2 saturated heterocycles. The van der Waals surface area contributed by atoms with Gasteiger partial charge in [-0.3, -0.25) is 4.98 Å². The molecule has 2 aliphatic rings. The third-order valence-corrected chi connectivity index (χ3v) is 5.56. The van der Waals surface area contributed by atoms with Crippen molar-refractivity contribution < 1.29 is 14.3 Å². The van der Waals surface area contributed by atoms with E-state index in [-0.39, 0.29) is 24.2 Å². The van der Waals surface area contributed by atoms with Crippen molar-refractivity contribution in [2.75, 3.05) is 18.4 Å². The van der Waals surface area contributed by atoms with E-state index in [0.29, 0.717) is 13.1 Å². The predicted molar refractivity (Wildman–Crippen MR) is 115 cm³/mol. The maximum atomic E-state index is 12.9. The van der Waals surface area contributed by atoms with Crippen molar-refractivity contribution in [2.24, 2.45) is 0 Å². The van der Waals surface area contributed by atoms with E-state index in [1.807, 2.05) is 69.0 Å². The number of carbonyl (C=O) groups excluding carboxylic acids is 2. The highest BCUT2D eigenvalue weighted by molar-refractivity contribution is 5.91. The fourth-order valence-electron chi connectivity index (χ4n) is 4.15. The maximum absolute atomic E-state index is 12.9. The van der Waals surface area contributed by atoms with Gasteiger partial charge in [0.25, 0.3) is 0 Å². The Labute approximate surface area is 177 Å². The van der Waals surface area contributed by atoms with Crippen LogP contribution in [0.2, 0.25) is 0 Å². The Morgan fingerprint density at radius 1 is 1.10 bits per heavy atom. The number of nitrogens with zero attached hydrogens (tertiary/aromatic N) is 3. The second-order valence-corrected chi connectivity index (χ2v) is 9.00. The van der Waals surface area contributed by atoms with E-state index in [2.05, 4.69) is 10.3 Å². The molecule has 2 aromatic rings. The first-order valence-electron chi connectivity index (χ1n) is 10.3. The van der Waals surface area contributed by atoms with Crippen LogP contribution >= 0.6 is 0 Å². The Morgan fingerprint density at radius 2 is 1.83 bits per heavy atom. The summed E-state index contributed by atoms with van der Waals surface area (Å²) in [7, 11) is 0. The predicted octanol–water partition coefficient (Wildman–Crippen LogP) is 4.28. The summed E-state index contributed by atoms with van der Waals surface area (Å²) in [4.78, 5) is 33.3. The van der Waals surface area contributed by atoms with Crippen molar-refractivity contribution in [1.29, 1.82) is 0 Å². The molecule has 7 heteroatoms. The molecule has 0 aliphatic carbocycles. The number of piperazine rings is 1. The molecule has 2 aliphatic heterocycles. The number of rotatable bonds is 2. The molecule has 0 unspecified atom stereocenters. The second kappa shape index (κ2) is 7.63. The molecule has 1 N–H and O–H groups in total. The van der Waals surface area contributed by atoms with E-state index >= 15 is 0 Å².